The van der Waals surface area contributed by atoms with Crippen LogP contribution in [0.3, 0.4) is 0 Å². The third kappa shape index (κ3) is 3.70. The fraction of sp³-hybridized carbons (Fsp3) is 0.871. The molecule has 1 N–H and O–H groups in total. The van der Waals surface area contributed by atoms with E-state index in [1.54, 1.807) is 0 Å². The van der Waals surface area contributed by atoms with Gasteiger partial charge in [-0.25, -0.2) is 4.79 Å². The lowest BCUT2D eigenvalue weighted by atomic mass is 9.35. The van der Waals surface area contributed by atoms with E-state index >= 15 is 0 Å². The van der Waals surface area contributed by atoms with E-state index in [2.05, 4.69) is 54.5 Å². The van der Waals surface area contributed by atoms with Crippen LogP contribution in [0, 0.1) is 45.3 Å². The Morgan fingerprint density at radius 2 is 1.66 bits per heavy atom. The first-order chi connectivity index (χ1) is 16.2. The van der Waals surface area contributed by atoms with Crippen molar-refractivity contribution in [1.29, 1.82) is 0 Å². The Bertz CT molecular complexity index is 900. The van der Waals surface area contributed by atoms with E-state index < -0.39 is 11.6 Å². The summed E-state index contributed by atoms with van der Waals surface area (Å²) in [6.45, 7) is 16.0. The SMILES string of the molecule is COC(=O)[C@](O)(CCC=C(C)C)[C@H]1CC[C@]2(C)[C@@H]1CC[C@@H]1[C@@]3(C)CCC(=O)C(C)(C)[C@H]3CC[C@]12C. The molecule has 4 rings (SSSR count). The van der Waals surface area contributed by atoms with Crippen LogP contribution in [0.5, 0.6) is 0 Å². The molecular formula is C31H50O4. The molecule has 4 aliphatic rings. The van der Waals surface area contributed by atoms with Crippen LogP contribution < -0.4 is 0 Å². The van der Waals surface area contributed by atoms with Gasteiger partial charge in [0.05, 0.1) is 7.11 Å². The highest BCUT2D eigenvalue weighted by molar-refractivity contribution is 5.85. The van der Waals surface area contributed by atoms with Gasteiger partial charge in [0, 0.05) is 17.8 Å². The first kappa shape index (κ1) is 26.9. The molecular weight excluding hydrogens is 436 g/mol. The van der Waals surface area contributed by atoms with Crippen molar-refractivity contribution >= 4 is 11.8 Å². The molecule has 4 fully saturated rings. The molecule has 0 unspecified atom stereocenters. The van der Waals surface area contributed by atoms with Crippen LogP contribution in [0.25, 0.3) is 0 Å². The molecule has 4 nitrogen and oxygen atoms in total. The topological polar surface area (TPSA) is 63.6 Å². The van der Waals surface area contributed by atoms with Gasteiger partial charge in [-0.1, -0.05) is 46.3 Å². The lowest BCUT2D eigenvalue weighted by Gasteiger charge is -2.69. The Hall–Kier alpha value is -1.16. The minimum absolute atomic E-state index is 0.0572. The van der Waals surface area contributed by atoms with Crippen molar-refractivity contribution in [3.8, 4) is 0 Å². The molecule has 0 aliphatic heterocycles. The number of carbonyl (C=O) groups excluding carboxylic acids is 2. The number of aliphatic hydroxyl groups is 1. The highest BCUT2D eigenvalue weighted by Gasteiger charge is 2.70. The van der Waals surface area contributed by atoms with E-state index in [1.807, 2.05) is 0 Å². The Kier molecular flexibility index (Phi) is 6.69. The first-order valence-corrected chi connectivity index (χ1v) is 14.2. The van der Waals surface area contributed by atoms with E-state index in [9.17, 15) is 14.7 Å². The van der Waals surface area contributed by atoms with Gasteiger partial charge in [0.1, 0.15) is 5.78 Å². The van der Waals surface area contributed by atoms with Crippen LogP contribution in [0.2, 0.25) is 0 Å². The predicted molar refractivity (Wildman–Crippen MR) is 140 cm³/mol. The molecule has 0 aromatic rings. The number of carbonyl (C=O) groups is 2. The van der Waals surface area contributed by atoms with Crippen LogP contribution in [-0.4, -0.2) is 29.6 Å². The number of fused-ring (bicyclic) bond motifs is 5. The molecule has 35 heavy (non-hydrogen) atoms. The van der Waals surface area contributed by atoms with Crippen LogP contribution in [0.4, 0.5) is 0 Å². The third-order valence-corrected chi connectivity index (χ3v) is 12.4. The van der Waals surface area contributed by atoms with Crippen LogP contribution in [-0.2, 0) is 14.3 Å². The summed E-state index contributed by atoms with van der Waals surface area (Å²) < 4.78 is 5.21. The maximum atomic E-state index is 13.1. The maximum absolute atomic E-state index is 13.1. The van der Waals surface area contributed by atoms with Crippen molar-refractivity contribution in [1.82, 2.24) is 0 Å². The number of methoxy groups -OCH3 is 1. The third-order valence-electron chi connectivity index (χ3n) is 12.4. The Labute approximate surface area is 213 Å². The zero-order chi connectivity index (χ0) is 26.0. The lowest BCUT2D eigenvalue weighted by Crippen LogP contribution is -2.64. The summed E-state index contributed by atoms with van der Waals surface area (Å²) in [5.74, 6) is 1.28. The van der Waals surface area contributed by atoms with Crippen molar-refractivity contribution in [3.63, 3.8) is 0 Å². The molecule has 4 aliphatic carbocycles. The Balaban J connectivity index is 1.67. The minimum atomic E-state index is -1.42. The molecule has 8 atom stereocenters. The van der Waals surface area contributed by atoms with Gasteiger partial charge in [0.2, 0.25) is 0 Å². The smallest absolute Gasteiger partial charge is 0.338 e. The van der Waals surface area contributed by atoms with E-state index in [1.165, 1.54) is 12.7 Å². The second-order valence-electron chi connectivity index (χ2n) is 14.2. The second kappa shape index (κ2) is 8.71. The van der Waals surface area contributed by atoms with Gasteiger partial charge in [-0.05, 0) is 106 Å². The molecule has 198 valence electrons. The van der Waals surface area contributed by atoms with Gasteiger partial charge in [0.15, 0.2) is 5.60 Å². The van der Waals surface area contributed by atoms with E-state index in [0.717, 1.165) is 44.9 Å². The normalized spacial score (nSPS) is 43.9. The van der Waals surface area contributed by atoms with Gasteiger partial charge in [-0.3, -0.25) is 4.79 Å². The molecule has 4 saturated carbocycles. The summed E-state index contributed by atoms with van der Waals surface area (Å²) >= 11 is 0. The summed E-state index contributed by atoms with van der Waals surface area (Å²) in [6, 6.07) is 0. The first-order valence-electron chi connectivity index (χ1n) is 14.2. The largest absolute Gasteiger partial charge is 0.467 e. The molecule has 0 spiro atoms. The summed E-state index contributed by atoms with van der Waals surface area (Å²) in [4.78, 5) is 26.0. The van der Waals surface area contributed by atoms with Crippen LogP contribution in [0.1, 0.15) is 113 Å². The summed E-state index contributed by atoms with van der Waals surface area (Å²) in [6.07, 6.45) is 11.3. The van der Waals surface area contributed by atoms with Crippen molar-refractivity contribution in [2.75, 3.05) is 7.11 Å². The minimum Gasteiger partial charge on any atom is -0.467 e. The standard InChI is InChI=1S/C31H50O4/c1-20(2)10-9-16-31(34,26(33)35-8)22-13-18-29(6)21(22)11-12-24-28(5)17-15-25(32)27(3,4)23(28)14-19-30(24,29)7/h10,21-24,34H,9,11-19H2,1-8H3/t21-,22+,23-,24-,28+,29-,30-,31+/m1/s1. The fourth-order valence-corrected chi connectivity index (χ4v) is 10.3. The van der Waals surface area contributed by atoms with Gasteiger partial charge in [-0.15, -0.1) is 0 Å². The summed E-state index contributed by atoms with van der Waals surface area (Å²) in [5.41, 5.74) is -0.0338. The zero-order valence-electron chi connectivity index (χ0n) is 23.6. The number of Topliss-reactive ketones (excluding diaryl/α,β-unsaturated/α-hetero) is 1. The van der Waals surface area contributed by atoms with Crippen LogP contribution in [0.15, 0.2) is 11.6 Å². The van der Waals surface area contributed by atoms with Crippen molar-refractivity contribution < 1.29 is 19.4 Å². The van der Waals surface area contributed by atoms with E-state index in [-0.39, 0.29) is 27.6 Å². The van der Waals surface area contributed by atoms with Gasteiger partial charge < -0.3 is 9.84 Å². The highest BCUT2D eigenvalue weighted by atomic mass is 16.5. The van der Waals surface area contributed by atoms with Gasteiger partial charge in [-0.2, -0.15) is 0 Å². The second-order valence-corrected chi connectivity index (χ2v) is 14.2. The van der Waals surface area contributed by atoms with Gasteiger partial charge in [0.25, 0.3) is 0 Å². The number of allylic oxidation sites excluding steroid dienone is 2. The molecule has 0 radical (unpaired) electrons. The Morgan fingerprint density at radius 3 is 2.29 bits per heavy atom. The maximum Gasteiger partial charge on any atom is 0.338 e. The average molecular weight is 487 g/mol. The number of hydrogen-bond acceptors (Lipinski definition) is 4. The fourth-order valence-electron chi connectivity index (χ4n) is 10.3. The van der Waals surface area contributed by atoms with Crippen molar-refractivity contribution in [3.05, 3.63) is 11.6 Å². The lowest BCUT2D eigenvalue weighted by molar-refractivity contribution is -0.210. The monoisotopic (exact) mass is 486 g/mol. The molecule has 0 heterocycles. The summed E-state index contributed by atoms with van der Waals surface area (Å²) in [5, 5.41) is 11.9. The molecule has 0 saturated heterocycles. The van der Waals surface area contributed by atoms with Crippen molar-refractivity contribution in [2.24, 2.45) is 45.3 Å². The molecule has 0 amide bonds. The molecule has 0 bridgehead atoms. The molecule has 4 heteroatoms. The average Bonchev–Trinajstić information content (AvgIpc) is 3.14. The quantitative estimate of drug-likeness (QED) is 0.339. The van der Waals surface area contributed by atoms with Crippen LogP contribution >= 0.6 is 0 Å². The Morgan fingerprint density at radius 1 is 1.00 bits per heavy atom. The number of rotatable bonds is 5. The number of ether oxygens (including phenoxy) is 1. The van der Waals surface area contributed by atoms with Crippen molar-refractivity contribution in [2.45, 2.75) is 118 Å². The summed E-state index contributed by atoms with van der Waals surface area (Å²) in [7, 11) is 1.41. The zero-order valence-corrected chi connectivity index (χ0v) is 23.6. The number of esters is 1. The highest BCUT2D eigenvalue weighted by Crippen LogP contribution is 2.75. The number of ketones is 1. The number of hydrogen-bond donors (Lipinski definition) is 1. The predicted octanol–water partition coefficient (Wildman–Crippen LogP) is 6.89. The van der Waals surface area contributed by atoms with E-state index in [0.29, 0.717) is 42.8 Å². The van der Waals surface area contributed by atoms with E-state index in [4.69, 9.17) is 4.74 Å². The molecule has 0 aromatic carbocycles. The van der Waals surface area contributed by atoms with Gasteiger partial charge >= 0.3 is 5.97 Å². The molecule has 0 aromatic heterocycles.